The highest BCUT2D eigenvalue weighted by atomic mass is 16.6. The largest absolute Gasteiger partial charge is 0.507 e. The highest BCUT2D eigenvalue weighted by molar-refractivity contribution is 5.95. The van der Waals surface area contributed by atoms with Gasteiger partial charge in [0.15, 0.2) is 5.60 Å². The molecule has 1 aliphatic heterocycles. The number of carbonyl (C=O) groups is 4. The van der Waals surface area contributed by atoms with E-state index >= 15 is 0 Å². The van der Waals surface area contributed by atoms with Gasteiger partial charge in [-0.1, -0.05) is 36.8 Å². The minimum absolute atomic E-state index is 0.0443. The molecule has 1 aliphatic carbocycles. The molecular formula is C41H52N6O10. The summed E-state index contributed by atoms with van der Waals surface area (Å²) in [7, 11) is 0. The summed E-state index contributed by atoms with van der Waals surface area (Å²) >= 11 is 0. The lowest BCUT2D eigenvalue weighted by Crippen LogP contribution is -2.67. The van der Waals surface area contributed by atoms with Crippen molar-refractivity contribution in [2.45, 2.75) is 108 Å². The van der Waals surface area contributed by atoms with Gasteiger partial charge in [0.2, 0.25) is 17.8 Å². The molecular weight excluding hydrogens is 736 g/mol. The van der Waals surface area contributed by atoms with Crippen molar-refractivity contribution < 1.29 is 49.4 Å². The van der Waals surface area contributed by atoms with Crippen molar-refractivity contribution in [1.82, 2.24) is 25.9 Å². The van der Waals surface area contributed by atoms with Gasteiger partial charge >= 0.3 is 5.97 Å². The number of aliphatic hydroxyl groups is 3. The maximum absolute atomic E-state index is 13.1. The Kier molecular flexibility index (Phi) is 14.4. The van der Waals surface area contributed by atoms with Crippen molar-refractivity contribution in [3.05, 3.63) is 88.8 Å². The number of anilines is 1. The van der Waals surface area contributed by atoms with Crippen molar-refractivity contribution in [3.63, 3.8) is 0 Å². The van der Waals surface area contributed by atoms with Gasteiger partial charge in [-0.05, 0) is 79.6 Å². The SMILES string of the molecule is CC(=O)N[C@H]1[C@H]([C@H](O)[C@H](O)CNC(=O)c2cc(C)c(O)c(C)c2)O[C@@](C/C=C/c2cccc(CNC(=O)[C@@H]3CCC[C@H](Nc4ncccn4)C3)c2)(C(=O)O)C[C@@H]1O. The fraction of sp³-hybridized carbons (Fsp3) is 0.463. The van der Waals surface area contributed by atoms with Crippen LogP contribution in [-0.4, -0.2) is 108 Å². The fourth-order valence-corrected chi connectivity index (χ4v) is 7.48. The zero-order valence-corrected chi connectivity index (χ0v) is 32.2. The third-order valence-corrected chi connectivity index (χ3v) is 10.5. The Hall–Kier alpha value is -5.42. The predicted molar refractivity (Wildman–Crippen MR) is 209 cm³/mol. The molecule has 57 heavy (non-hydrogen) atoms. The molecule has 8 atom stereocenters. The summed E-state index contributed by atoms with van der Waals surface area (Å²) in [5.41, 5.74) is 0.614. The average molecular weight is 789 g/mol. The van der Waals surface area contributed by atoms with Crippen molar-refractivity contribution >= 4 is 35.7 Å². The van der Waals surface area contributed by atoms with Gasteiger partial charge in [-0.2, -0.15) is 0 Å². The van der Waals surface area contributed by atoms with E-state index in [4.69, 9.17) is 4.74 Å². The molecule has 1 saturated carbocycles. The molecule has 1 aromatic heterocycles. The number of nitrogens with one attached hydrogen (secondary N) is 4. The molecule has 16 nitrogen and oxygen atoms in total. The molecule has 3 amide bonds. The monoisotopic (exact) mass is 788 g/mol. The van der Waals surface area contributed by atoms with Crippen LogP contribution in [0.5, 0.6) is 5.75 Å². The highest BCUT2D eigenvalue weighted by Gasteiger charge is 2.54. The zero-order valence-electron chi connectivity index (χ0n) is 32.2. The summed E-state index contributed by atoms with van der Waals surface area (Å²) in [5, 5.41) is 65.2. The van der Waals surface area contributed by atoms with E-state index in [0.29, 0.717) is 29.1 Å². The summed E-state index contributed by atoms with van der Waals surface area (Å²) < 4.78 is 6.03. The Balaban J connectivity index is 1.21. The molecule has 5 rings (SSSR count). The van der Waals surface area contributed by atoms with Gasteiger partial charge in [-0.25, -0.2) is 14.8 Å². The van der Waals surface area contributed by atoms with Gasteiger partial charge in [0.05, 0.1) is 18.2 Å². The van der Waals surface area contributed by atoms with E-state index in [-0.39, 0.29) is 42.1 Å². The maximum Gasteiger partial charge on any atom is 0.336 e. The molecule has 306 valence electrons. The smallest absolute Gasteiger partial charge is 0.336 e. The summed E-state index contributed by atoms with van der Waals surface area (Å²) in [6, 6.07) is 10.8. The Labute approximate surface area is 330 Å². The van der Waals surface area contributed by atoms with E-state index in [2.05, 4.69) is 31.2 Å². The molecule has 0 bridgehead atoms. The summed E-state index contributed by atoms with van der Waals surface area (Å²) in [6.07, 6.45) is 2.47. The number of carbonyl (C=O) groups excluding carboxylic acids is 3. The number of rotatable bonds is 15. The Morgan fingerprint density at radius 2 is 1.74 bits per heavy atom. The Morgan fingerprint density at radius 1 is 1.02 bits per heavy atom. The number of phenolic OH excluding ortho intramolecular Hbond substituents is 1. The molecule has 3 aromatic rings. The first-order valence-electron chi connectivity index (χ1n) is 19.0. The normalized spacial score (nSPS) is 24.6. The molecule has 9 N–H and O–H groups in total. The number of hydrogen-bond donors (Lipinski definition) is 9. The number of nitrogens with zero attached hydrogens (tertiary/aromatic N) is 2. The number of carboxylic acid groups (broad SMARTS) is 1. The minimum atomic E-state index is -2.06. The van der Waals surface area contributed by atoms with Crippen LogP contribution < -0.4 is 21.3 Å². The third-order valence-electron chi connectivity index (χ3n) is 10.5. The number of ether oxygens (including phenoxy) is 1. The summed E-state index contributed by atoms with van der Waals surface area (Å²) in [5.74, 6) is -2.24. The van der Waals surface area contributed by atoms with Gasteiger partial charge in [0.25, 0.3) is 5.91 Å². The standard InChI is InChI=1S/C41H52N6O10/c1-23-16-29(17-24(2)34(23)51)38(54)45-22-32(50)35(52)36-33(46-25(3)48)31(49)20-41(57-36,39(55)56)13-6-10-26-8-4-9-27(18-26)21-44-37(53)28-11-5-12-30(19-28)47-40-42-14-7-15-43-40/h4,6-10,14-18,28,30-33,35-36,49-52H,5,11-13,19-22H2,1-3H3,(H,44,53)(H,45,54)(H,46,48)(H,55,56)(H,42,43,47)/b10-6+/t28-,30+,31+,32-,33-,35-,36-,41-/m1/s1. The number of aliphatic carboxylic acids is 1. The number of benzene rings is 2. The lowest BCUT2D eigenvalue weighted by molar-refractivity contribution is -0.226. The van der Waals surface area contributed by atoms with Crippen LogP contribution in [-0.2, 0) is 25.7 Å². The number of phenols is 1. The second-order valence-corrected chi connectivity index (χ2v) is 15.0. The first-order chi connectivity index (χ1) is 27.2. The minimum Gasteiger partial charge on any atom is -0.507 e. The second kappa shape index (κ2) is 19.1. The number of aromatic hydroxyl groups is 1. The van der Waals surface area contributed by atoms with E-state index in [1.807, 2.05) is 18.2 Å². The Morgan fingerprint density at radius 3 is 2.42 bits per heavy atom. The third kappa shape index (κ3) is 11.1. The molecule has 2 fully saturated rings. The quantitative estimate of drug-likeness (QED) is 0.107. The van der Waals surface area contributed by atoms with E-state index in [1.54, 1.807) is 50.5 Å². The van der Waals surface area contributed by atoms with Crippen LogP contribution in [0.1, 0.15) is 78.1 Å². The van der Waals surface area contributed by atoms with E-state index in [1.165, 1.54) is 19.1 Å². The van der Waals surface area contributed by atoms with Crippen LogP contribution in [0, 0.1) is 19.8 Å². The van der Waals surface area contributed by atoms with Crippen molar-refractivity contribution in [2.75, 3.05) is 11.9 Å². The molecule has 0 spiro atoms. The number of amides is 3. The van der Waals surface area contributed by atoms with Crippen LogP contribution >= 0.6 is 0 Å². The molecule has 2 aromatic carbocycles. The number of carboxylic acids is 1. The predicted octanol–water partition coefficient (Wildman–Crippen LogP) is 2.12. The van der Waals surface area contributed by atoms with Crippen LogP contribution in [0.25, 0.3) is 6.08 Å². The molecule has 2 heterocycles. The van der Waals surface area contributed by atoms with Crippen molar-refractivity contribution in [3.8, 4) is 5.75 Å². The molecule has 0 radical (unpaired) electrons. The summed E-state index contributed by atoms with van der Waals surface area (Å²) in [6.45, 7) is 4.24. The highest BCUT2D eigenvalue weighted by Crippen LogP contribution is 2.36. The van der Waals surface area contributed by atoms with E-state index < -0.39 is 66.8 Å². The van der Waals surface area contributed by atoms with E-state index in [9.17, 15) is 44.7 Å². The number of aliphatic hydroxyl groups excluding tert-OH is 3. The first kappa shape index (κ1) is 42.7. The van der Waals surface area contributed by atoms with Crippen LogP contribution in [0.3, 0.4) is 0 Å². The van der Waals surface area contributed by atoms with Crippen molar-refractivity contribution in [1.29, 1.82) is 0 Å². The molecule has 0 unspecified atom stereocenters. The van der Waals surface area contributed by atoms with Gasteiger partial charge < -0.3 is 51.5 Å². The zero-order chi connectivity index (χ0) is 41.3. The van der Waals surface area contributed by atoms with E-state index in [0.717, 1.165) is 24.8 Å². The number of aromatic nitrogens is 2. The lowest BCUT2D eigenvalue weighted by atomic mass is 9.81. The maximum atomic E-state index is 13.1. The van der Waals surface area contributed by atoms with Crippen molar-refractivity contribution in [2.24, 2.45) is 5.92 Å². The second-order valence-electron chi connectivity index (χ2n) is 15.0. The lowest BCUT2D eigenvalue weighted by Gasteiger charge is -2.47. The van der Waals surface area contributed by atoms with Gasteiger partial charge in [-0.3, -0.25) is 14.4 Å². The first-order valence-corrected chi connectivity index (χ1v) is 19.0. The molecule has 16 heteroatoms. The Bertz CT molecular complexity index is 1910. The topological polar surface area (TPSA) is 253 Å². The fourth-order valence-electron chi connectivity index (χ4n) is 7.48. The van der Waals surface area contributed by atoms with Gasteiger partial charge in [-0.15, -0.1) is 0 Å². The van der Waals surface area contributed by atoms with Crippen LogP contribution in [0.2, 0.25) is 0 Å². The van der Waals surface area contributed by atoms with Crippen LogP contribution in [0.15, 0.2) is 60.9 Å². The van der Waals surface area contributed by atoms with Gasteiger partial charge in [0, 0.05) is 62.8 Å². The average Bonchev–Trinajstić information content (AvgIpc) is 3.18. The molecule has 1 saturated heterocycles. The number of hydrogen-bond acceptors (Lipinski definition) is 12. The summed E-state index contributed by atoms with van der Waals surface area (Å²) in [4.78, 5) is 59.3. The number of aryl methyl sites for hydroxylation is 2. The van der Waals surface area contributed by atoms with Gasteiger partial charge in [0.1, 0.15) is 18.0 Å². The van der Waals surface area contributed by atoms with Crippen LogP contribution in [0.4, 0.5) is 5.95 Å². The molecule has 2 aliphatic rings.